The standard InChI is InChI=1S/C19H13N3O3/c1-22-18(24)14-7-6-11(10-15(14)19(22)25)21-17(23)13-8-9-20-16-5-3-2-4-12(13)16/h2-10H,1H3,(H,21,23). The van der Waals surface area contributed by atoms with Crippen LogP contribution in [0, 0.1) is 0 Å². The summed E-state index contributed by atoms with van der Waals surface area (Å²) in [7, 11) is 1.44. The molecule has 1 aliphatic rings. The van der Waals surface area contributed by atoms with Gasteiger partial charge in [-0.2, -0.15) is 0 Å². The van der Waals surface area contributed by atoms with Gasteiger partial charge in [0.2, 0.25) is 0 Å². The molecule has 6 nitrogen and oxygen atoms in total. The number of aromatic nitrogens is 1. The smallest absolute Gasteiger partial charge is 0.261 e. The van der Waals surface area contributed by atoms with Crippen molar-refractivity contribution in [3.63, 3.8) is 0 Å². The van der Waals surface area contributed by atoms with Gasteiger partial charge in [0, 0.05) is 24.3 Å². The Labute approximate surface area is 143 Å². The fraction of sp³-hybridized carbons (Fsp3) is 0.0526. The van der Waals surface area contributed by atoms with Crippen LogP contribution in [0.3, 0.4) is 0 Å². The van der Waals surface area contributed by atoms with Crippen LogP contribution >= 0.6 is 0 Å². The highest BCUT2D eigenvalue weighted by molar-refractivity contribution is 6.22. The molecule has 3 amide bonds. The molecule has 0 radical (unpaired) electrons. The number of pyridine rings is 1. The lowest BCUT2D eigenvalue weighted by Gasteiger charge is -2.08. The third-order valence-corrected chi connectivity index (χ3v) is 4.24. The van der Waals surface area contributed by atoms with Gasteiger partial charge in [-0.05, 0) is 30.3 Å². The molecule has 2 aromatic carbocycles. The number of fused-ring (bicyclic) bond motifs is 2. The first-order valence-electron chi connectivity index (χ1n) is 7.68. The summed E-state index contributed by atoms with van der Waals surface area (Å²) < 4.78 is 0. The zero-order valence-electron chi connectivity index (χ0n) is 13.3. The molecule has 1 N–H and O–H groups in total. The highest BCUT2D eigenvalue weighted by Crippen LogP contribution is 2.25. The number of hydrogen-bond donors (Lipinski definition) is 1. The second-order valence-electron chi connectivity index (χ2n) is 5.76. The molecule has 2 heterocycles. The predicted molar refractivity (Wildman–Crippen MR) is 92.6 cm³/mol. The zero-order valence-corrected chi connectivity index (χ0v) is 13.3. The Morgan fingerprint density at radius 1 is 1.00 bits per heavy atom. The van der Waals surface area contributed by atoms with Crippen molar-refractivity contribution in [1.82, 2.24) is 9.88 Å². The van der Waals surface area contributed by atoms with Crippen LogP contribution < -0.4 is 5.32 Å². The maximum absolute atomic E-state index is 12.6. The fourth-order valence-corrected chi connectivity index (χ4v) is 2.93. The molecule has 1 aliphatic heterocycles. The Kier molecular flexibility index (Phi) is 3.32. The molecule has 0 spiro atoms. The molecule has 6 heteroatoms. The van der Waals surface area contributed by atoms with Crippen LogP contribution in [0.4, 0.5) is 5.69 Å². The second-order valence-corrected chi connectivity index (χ2v) is 5.76. The number of anilines is 1. The van der Waals surface area contributed by atoms with E-state index in [9.17, 15) is 14.4 Å². The van der Waals surface area contributed by atoms with Gasteiger partial charge in [0.15, 0.2) is 0 Å². The van der Waals surface area contributed by atoms with E-state index >= 15 is 0 Å². The maximum Gasteiger partial charge on any atom is 0.261 e. The van der Waals surface area contributed by atoms with Crippen molar-refractivity contribution in [3.8, 4) is 0 Å². The van der Waals surface area contributed by atoms with Gasteiger partial charge in [0.25, 0.3) is 17.7 Å². The van der Waals surface area contributed by atoms with Crippen molar-refractivity contribution < 1.29 is 14.4 Å². The SMILES string of the molecule is CN1C(=O)c2ccc(NC(=O)c3ccnc4ccccc34)cc2C1=O. The number of imide groups is 1. The Morgan fingerprint density at radius 3 is 2.60 bits per heavy atom. The molecule has 122 valence electrons. The van der Waals surface area contributed by atoms with E-state index in [1.807, 2.05) is 24.3 Å². The van der Waals surface area contributed by atoms with Crippen LogP contribution in [0.25, 0.3) is 10.9 Å². The van der Waals surface area contributed by atoms with E-state index < -0.39 is 0 Å². The highest BCUT2D eigenvalue weighted by Gasteiger charge is 2.32. The minimum atomic E-state index is -0.370. The van der Waals surface area contributed by atoms with Crippen molar-refractivity contribution in [1.29, 1.82) is 0 Å². The van der Waals surface area contributed by atoms with E-state index in [1.165, 1.54) is 13.1 Å². The van der Waals surface area contributed by atoms with E-state index in [1.54, 1.807) is 24.4 Å². The van der Waals surface area contributed by atoms with Gasteiger partial charge in [-0.3, -0.25) is 24.3 Å². The summed E-state index contributed by atoms with van der Waals surface area (Å²) in [4.78, 5) is 41.9. The number of carbonyl (C=O) groups excluding carboxylic acids is 3. The number of para-hydroxylation sites is 1. The Hall–Kier alpha value is -3.54. The predicted octanol–water partition coefficient (Wildman–Crippen LogP) is 2.71. The summed E-state index contributed by atoms with van der Waals surface area (Å²) in [6.45, 7) is 0. The van der Waals surface area contributed by atoms with Crippen LogP contribution in [0.5, 0.6) is 0 Å². The number of carbonyl (C=O) groups is 3. The van der Waals surface area contributed by atoms with Crippen molar-refractivity contribution >= 4 is 34.3 Å². The zero-order chi connectivity index (χ0) is 17.6. The molecule has 1 aromatic heterocycles. The molecule has 0 aliphatic carbocycles. The minimum Gasteiger partial charge on any atom is -0.322 e. The molecule has 0 bridgehead atoms. The van der Waals surface area contributed by atoms with E-state index in [4.69, 9.17) is 0 Å². The molecule has 3 aromatic rings. The highest BCUT2D eigenvalue weighted by atomic mass is 16.2. The average Bonchev–Trinajstić information content (AvgIpc) is 2.85. The Bertz CT molecular complexity index is 1050. The number of amides is 3. The summed E-state index contributed by atoms with van der Waals surface area (Å²) in [6, 6.07) is 13.7. The van der Waals surface area contributed by atoms with E-state index in [0.717, 1.165) is 15.8 Å². The molecule has 0 saturated heterocycles. The topological polar surface area (TPSA) is 79.4 Å². The van der Waals surface area contributed by atoms with Crippen LogP contribution in [-0.4, -0.2) is 34.7 Å². The van der Waals surface area contributed by atoms with Gasteiger partial charge in [0.05, 0.1) is 22.2 Å². The van der Waals surface area contributed by atoms with Gasteiger partial charge in [-0.1, -0.05) is 18.2 Å². The van der Waals surface area contributed by atoms with Crippen molar-refractivity contribution in [2.75, 3.05) is 12.4 Å². The third kappa shape index (κ3) is 2.35. The molecular formula is C19H13N3O3. The quantitative estimate of drug-likeness (QED) is 0.732. The van der Waals surface area contributed by atoms with Gasteiger partial charge in [-0.25, -0.2) is 0 Å². The van der Waals surface area contributed by atoms with Crippen LogP contribution in [0.1, 0.15) is 31.1 Å². The second kappa shape index (κ2) is 5.52. The van der Waals surface area contributed by atoms with Gasteiger partial charge >= 0.3 is 0 Å². The van der Waals surface area contributed by atoms with Crippen LogP contribution in [0.2, 0.25) is 0 Å². The summed E-state index contributed by atoms with van der Waals surface area (Å²) in [6.07, 6.45) is 1.58. The number of nitrogens with zero attached hydrogens (tertiary/aromatic N) is 2. The molecule has 0 unspecified atom stereocenters. The fourth-order valence-electron chi connectivity index (χ4n) is 2.93. The first-order chi connectivity index (χ1) is 12.1. The summed E-state index contributed by atoms with van der Waals surface area (Å²) in [5, 5.41) is 3.53. The molecular weight excluding hydrogens is 318 g/mol. The minimum absolute atomic E-state index is 0.296. The van der Waals surface area contributed by atoms with Gasteiger partial charge in [-0.15, -0.1) is 0 Å². The molecule has 25 heavy (non-hydrogen) atoms. The number of benzene rings is 2. The lowest BCUT2D eigenvalue weighted by atomic mass is 10.1. The largest absolute Gasteiger partial charge is 0.322 e. The molecule has 0 saturated carbocycles. The first-order valence-corrected chi connectivity index (χ1v) is 7.68. The first kappa shape index (κ1) is 15.0. The number of rotatable bonds is 2. The number of nitrogens with one attached hydrogen (secondary N) is 1. The van der Waals surface area contributed by atoms with Gasteiger partial charge in [0.1, 0.15) is 0 Å². The third-order valence-electron chi connectivity index (χ3n) is 4.24. The lowest BCUT2D eigenvalue weighted by Crippen LogP contribution is -2.24. The Balaban J connectivity index is 1.68. The summed E-state index contributed by atoms with van der Waals surface area (Å²) in [5.74, 6) is -1.01. The average molecular weight is 331 g/mol. The number of hydrogen-bond acceptors (Lipinski definition) is 4. The lowest BCUT2D eigenvalue weighted by molar-refractivity contribution is 0.0692. The van der Waals surface area contributed by atoms with Crippen LogP contribution in [0.15, 0.2) is 54.7 Å². The van der Waals surface area contributed by atoms with Crippen molar-refractivity contribution in [3.05, 3.63) is 71.4 Å². The van der Waals surface area contributed by atoms with Crippen molar-refractivity contribution in [2.24, 2.45) is 0 Å². The maximum atomic E-state index is 12.6. The van der Waals surface area contributed by atoms with Crippen LogP contribution in [-0.2, 0) is 0 Å². The van der Waals surface area contributed by atoms with E-state index in [-0.39, 0.29) is 17.7 Å². The van der Waals surface area contributed by atoms with Crippen molar-refractivity contribution in [2.45, 2.75) is 0 Å². The normalized spacial score (nSPS) is 13.2. The summed E-state index contributed by atoms with van der Waals surface area (Å²) in [5.41, 5.74) is 2.32. The van der Waals surface area contributed by atoms with Gasteiger partial charge < -0.3 is 5.32 Å². The van der Waals surface area contributed by atoms with E-state index in [0.29, 0.717) is 22.4 Å². The monoisotopic (exact) mass is 331 g/mol. The molecule has 0 atom stereocenters. The molecule has 0 fully saturated rings. The summed E-state index contributed by atoms with van der Waals surface area (Å²) >= 11 is 0. The Morgan fingerprint density at radius 2 is 1.76 bits per heavy atom. The molecule has 4 rings (SSSR count). The van der Waals surface area contributed by atoms with E-state index in [2.05, 4.69) is 10.3 Å².